The lowest BCUT2D eigenvalue weighted by molar-refractivity contribution is -0.137. The van der Waals surface area contributed by atoms with Gasteiger partial charge in [-0.1, -0.05) is 17.7 Å². The van der Waals surface area contributed by atoms with Gasteiger partial charge in [0.1, 0.15) is 11.3 Å². The molecule has 2 aromatic heterocycles. The van der Waals surface area contributed by atoms with Gasteiger partial charge in [0.15, 0.2) is 5.82 Å². The molecule has 0 N–H and O–H groups in total. The molecule has 118 valence electrons. The van der Waals surface area contributed by atoms with Gasteiger partial charge in [-0.05, 0) is 37.3 Å². The number of azo groups is 1. The van der Waals surface area contributed by atoms with Crippen molar-refractivity contribution in [2.75, 3.05) is 0 Å². The molecule has 0 spiro atoms. The van der Waals surface area contributed by atoms with Crippen LogP contribution < -0.4 is 0 Å². The third kappa shape index (κ3) is 3.05. The predicted molar refractivity (Wildman–Crippen MR) is 80.6 cm³/mol. The number of hydrogen-bond donors (Lipinski definition) is 0. The molecule has 3 rings (SSSR count). The first-order valence-corrected chi connectivity index (χ1v) is 6.96. The van der Waals surface area contributed by atoms with E-state index in [9.17, 15) is 13.2 Å². The van der Waals surface area contributed by atoms with Crippen molar-refractivity contribution in [2.24, 2.45) is 10.2 Å². The van der Waals surface area contributed by atoms with Crippen molar-refractivity contribution in [1.29, 1.82) is 0 Å². The molecule has 0 aliphatic heterocycles. The Kier molecular flexibility index (Phi) is 3.81. The summed E-state index contributed by atoms with van der Waals surface area (Å²) in [7, 11) is 0. The maximum atomic E-state index is 12.8. The summed E-state index contributed by atoms with van der Waals surface area (Å²) < 4.78 is 40.0. The van der Waals surface area contributed by atoms with Crippen LogP contribution in [0.15, 0.2) is 52.8 Å². The Morgan fingerprint density at radius 2 is 1.91 bits per heavy atom. The highest BCUT2D eigenvalue weighted by Gasteiger charge is 2.31. The first-order chi connectivity index (χ1) is 10.9. The summed E-state index contributed by atoms with van der Waals surface area (Å²) in [6.45, 7) is 1.75. The fourth-order valence-corrected chi connectivity index (χ4v) is 2.24. The number of fused-ring (bicyclic) bond motifs is 1. The van der Waals surface area contributed by atoms with Gasteiger partial charge in [0.25, 0.3) is 0 Å². The van der Waals surface area contributed by atoms with Gasteiger partial charge in [-0.15, -0.1) is 10.2 Å². The summed E-state index contributed by atoms with van der Waals surface area (Å²) in [4.78, 5) is 4.30. The molecule has 0 fully saturated rings. The Bertz CT molecular complexity index is 899. The molecule has 2 heterocycles. The van der Waals surface area contributed by atoms with Gasteiger partial charge < -0.3 is 0 Å². The summed E-state index contributed by atoms with van der Waals surface area (Å²) in [5, 5.41) is 7.98. The lowest BCUT2D eigenvalue weighted by Crippen LogP contribution is -2.03. The van der Waals surface area contributed by atoms with Gasteiger partial charge in [0.2, 0.25) is 0 Å². The Morgan fingerprint density at radius 1 is 1.13 bits per heavy atom. The third-order valence-corrected chi connectivity index (χ3v) is 3.52. The van der Waals surface area contributed by atoms with Crippen LogP contribution in [0.2, 0.25) is 5.02 Å². The molecular formula is C15H10ClF3N4. The predicted octanol–water partition coefficient (Wildman–Crippen LogP) is 5.73. The molecule has 0 atom stereocenters. The topological polar surface area (TPSA) is 42.0 Å². The molecule has 3 aromatic rings. The molecule has 4 nitrogen and oxygen atoms in total. The zero-order valence-electron chi connectivity index (χ0n) is 11.8. The lowest BCUT2D eigenvalue weighted by atomic mass is 10.2. The standard InChI is InChI=1S/C15H10ClF3N4/c1-9-14(23-7-3-2-4-13(23)20-9)22-21-12-8-10(15(17,18)19)5-6-11(12)16/h2-8H,1H3. The zero-order valence-corrected chi connectivity index (χ0v) is 12.6. The van der Waals surface area contributed by atoms with Crippen LogP contribution in [0.1, 0.15) is 11.3 Å². The number of alkyl halides is 3. The maximum Gasteiger partial charge on any atom is 0.416 e. The second-order valence-electron chi connectivity index (χ2n) is 4.81. The number of aromatic nitrogens is 2. The van der Waals surface area contributed by atoms with Gasteiger partial charge in [-0.25, -0.2) is 4.98 Å². The number of pyridine rings is 1. The van der Waals surface area contributed by atoms with Crippen molar-refractivity contribution in [3.05, 3.63) is 58.9 Å². The van der Waals surface area contributed by atoms with Crippen molar-refractivity contribution >= 4 is 28.8 Å². The Hall–Kier alpha value is -2.41. The molecule has 1 aromatic carbocycles. The minimum Gasteiger partial charge on any atom is -0.283 e. The van der Waals surface area contributed by atoms with Crippen molar-refractivity contribution in [3.63, 3.8) is 0 Å². The van der Waals surface area contributed by atoms with E-state index < -0.39 is 11.7 Å². The molecule has 0 radical (unpaired) electrons. The minimum atomic E-state index is -4.46. The highest BCUT2D eigenvalue weighted by atomic mass is 35.5. The quantitative estimate of drug-likeness (QED) is 0.550. The fraction of sp³-hybridized carbons (Fsp3) is 0.133. The minimum absolute atomic E-state index is 0.0493. The number of aryl methyl sites for hydroxylation is 1. The smallest absolute Gasteiger partial charge is 0.283 e. The second-order valence-corrected chi connectivity index (χ2v) is 5.22. The highest BCUT2D eigenvalue weighted by Crippen LogP contribution is 2.35. The number of rotatable bonds is 2. The van der Waals surface area contributed by atoms with E-state index >= 15 is 0 Å². The summed E-state index contributed by atoms with van der Waals surface area (Å²) >= 11 is 5.90. The third-order valence-electron chi connectivity index (χ3n) is 3.20. The van der Waals surface area contributed by atoms with Crippen molar-refractivity contribution in [1.82, 2.24) is 9.38 Å². The number of imidazole rings is 1. The van der Waals surface area contributed by atoms with Gasteiger partial charge in [0, 0.05) is 6.20 Å². The van der Waals surface area contributed by atoms with Gasteiger partial charge in [0.05, 0.1) is 16.3 Å². The van der Waals surface area contributed by atoms with Crippen LogP contribution in [-0.2, 0) is 6.18 Å². The first kappa shape index (κ1) is 15.5. The molecule has 0 saturated heterocycles. The van der Waals surface area contributed by atoms with Crippen LogP contribution >= 0.6 is 11.6 Å². The first-order valence-electron chi connectivity index (χ1n) is 6.58. The summed E-state index contributed by atoms with van der Waals surface area (Å²) in [5.41, 5.74) is 0.412. The Labute approximate surface area is 134 Å². The van der Waals surface area contributed by atoms with E-state index in [-0.39, 0.29) is 10.7 Å². The number of nitrogens with zero attached hydrogens (tertiary/aromatic N) is 4. The molecule has 0 saturated carbocycles. The summed E-state index contributed by atoms with van der Waals surface area (Å²) in [5.74, 6) is 0.439. The van der Waals surface area contributed by atoms with E-state index in [0.29, 0.717) is 17.2 Å². The van der Waals surface area contributed by atoms with Crippen LogP contribution in [0.3, 0.4) is 0 Å². The van der Waals surface area contributed by atoms with Gasteiger partial charge in [-0.2, -0.15) is 13.2 Å². The summed E-state index contributed by atoms with van der Waals surface area (Å²) in [6, 6.07) is 8.34. The molecule has 23 heavy (non-hydrogen) atoms. The van der Waals surface area contributed by atoms with Crippen molar-refractivity contribution < 1.29 is 13.2 Å². The van der Waals surface area contributed by atoms with E-state index in [1.807, 2.05) is 6.07 Å². The molecule has 0 bridgehead atoms. The average molecular weight is 339 g/mol. The molecule has 0 unspecified atom stereocenters. The fourth-order valence-electron chi connectivity index (χ4n) is 2.09. The molecule has 0 aliphatic rings. The molecular weight excluding hydrogens is 329 g/mol. The zero-order chi connectivity index (χ0) is 16.6. The largest absolute Gasteiger partial charge is 0.416 e. The molecule has 0 amide bonds. The van der Waals surface area contributed by atoms with Gasteiger partial charge in [-0.3, -0.25) is 4.40 Å². The van der Waals surface area contributed by atoms with E-state index in [2.05, 4.69) is 15.2 Å². The van der Waals surface area contributed by atoms with E-state index in [4.69, 9.17) is 11.6 Å². The monoisotopic (exact) mass is 338 g/mol. The van der Waals surface area contributed by atoms with E-state index in [1.54, 1.807) is 29.7 Å². The lowest BCUT2D eigenvalue weighted by Gasteiger charge is -2.07. The summed E-state index contributed by atoms with van der Waals surface area (Å²) in [6.07, 6.45) is -2.72. The number of hydrogen-bond acceptors (Lipinski definition) is 3. The Balaban J connectivity index is 2.04. The van der Waals surface area contributed by atoms with Crippen molar-refractivity contribution in [3.8, 4) is 0 Å². The SMILES string of the molecule is Cc1nc2ccccn2c1N=Nc1cc(C(F)(F)F)ccc1Cl. The molecule has 8 heteroatoms. The van der Waals surface area contributed by atoms with Crippen LogP contribution in [0, 0.1) is 6.92 Å². The van der Waals surface area contributed by atoms with Crippen LogP contribution in [-0.4, -0.2) is 9.38 Å². The maximum absolute atomic E-state index is 12.8. The van der Waals surface area contributed by atoms with Crippen LogP contribution in [0.25, 0.3) is 5.65 Å². The van der Waals surface area contributed by atoms with Crippen LogP contribution in [0.5, 0.6) is 0 Å². The van der Waals surface area contributed by atoms with Crippen LogP contribution in [0.4, 0.5) is 24.7 Å². The number of benzene rings is 1. The molecule has 0 aliphatic carbocycles. The van der Waals surface area contributed by atoms with E-state index in [0.717, 1.165) is 18.2 Å². The average Bonchev–Trinajstić information content (AvgIpc) is 2.81. The normalized spacial score (nSPS) is 12.4. The Morgan fingerprint density at radius 3 is 2.65 bits per heavy atom. The second kappa shape index (κ2) is 5.66. The highest BCUT2D eigenvalue weighted by molar-refractivity contribution is 6.32. The number of halogens is 4. The van der Waals surface area contributed by atoms with Crippen molar-refractivity contribution in [2.45, 2.75) is 13.1 Å². The van der Waals surface area contributed by atoms with Gasteiger partial charge >= 0.3 is 6.18 Å². The van der Waals surface area contributed by atoms with E-state index in [1.165, 1.54) is 0 Å².